The van der Waals surface area contributed by atoms with Gasteiger partial charge in [0.25, 0.3) is 5.91 Å². The summed E-state index contributed by atoms with van der Waals surface area (Å²) < 4.78 is 15.6. The van der Waals surface area contributed by atoms with E-state index in [4.69, 9.17) is 0 Å². The highest BCUT2D eigenvalue weighted by molar-refractivity contribution is 7.16. The summed E-state index contributed by atoms with van der Waals surface area (Å²) >= 11 is 1.62. The summed E-state index contributed by atoms with van der Waals surface area (Å²) in [6, 6.07) is 10.9. The molecule has 0 spiro atoms. The normalized spacial score (nSPS) is 24.4. The molecule has 2 saturated carbocycles. The van der Waals surface area contributed by atoms with Gasteiger partial charge in [-0.1, -0.05) is 18.6 Å². The Balaban J connectivity index is 1.45. The second kappa shape index (κ2) is 6.23. The molecule has 3 atom stereocenters. The molecule has 0 aliphatic heterocycles. The van der Waals surface area contributed by atoms with Crippen LogP contribution in [0.2, 0.25) is 0 Å². The molecular formula is C21H21FN2OS. The van der Waals surface area contributed by atoms with Crippen molar-refractivity contribution in [3.63, 3.8) is 0 Å². The smallest absolute Gasteiger partial charge is 0.268 e. The Labute approximate surface area is 155 Å². The summed E-state index contributed by atoms with van der Waals surface area (Å²) in [6.07, 6.45) is 4.96. The number of nitrogens with one attached hydrogen (secondary N) is 1. The highest BCUT2D eigenvalue weighted by atomic mass is 32.1. The lowest BCUT2D eigenvalue weighted by Gasteiger charge is -2.23. The molecule has 2 heterocycles. The standard InChI is InChI=1S/C21H21FN2OS/c22-17-3-1-2-14(9-17)12-24-19(11-16-6-7-26-21(16)24)20(25)23-18-10-13-4-5-15(18)8-13/h1-3,6-7,9,11,13,15,18H,4-5,8,10,12H2,(H,23,25)/t13-,15+,18+/m0/s1. The van der Waals surface area contributed by atoms with Crippen molar-refractivity contribution in [2.45, 2.75) is 38.3 Å². The predicted molar refractivity (Wildman–Crippen MR) is 102 cm³/mol. The van der Waals surface area contributed by atoms with E-state index >= 15 is 0 Å². The van der Waals surface area contributed by atoms with E-state index in [1.165, 1.54) is 31.4 Å². The van der Waals surface area contributed by atoms with Crippen molar-refractivity contribution in [2.24, 2.45) is 11.8 Å². The molecule has 2 fully saturated rings. The number of hydrogen-bond acceptors (Lipinski definition) is 2. The fourth-order valence-electron chi connectivity index (χ4n) is 4.80. The third-order valence-corrected chi connectivity index (χ3v) is 6.97. The summed E-state index contributed by atoms with van der Waals surface area (Å²) in [5, 5.41) is 6.39. The minimum absolute atomic E-state index is 0.00218. The Morgan fingerprint density at radius 2 is 2.15 bits per heavy atom. The monoisotopic (exact) mass is 368 g/mol. The van der Waals surface area contributed by atoms with Gasteiger partial charge in [0.2, 0.25) is 0 Å². The zero-order chi connectivity index (χ0) is 17.7. The first-order chi connectivity index (χ1) is 12.7. The van der Waals surface area contributed by atoms with Gasteiger partial charge in [-0.2, -0.15) is 0 Å². The van der Waals surface area contributed by atoms with Crippen molar-refractivity contribution in [2.75, 3.05) is 0 Å². The molecule has 26 heavy (non-hydrogen) atoms. The average Bonchev–Trinajstić information content (AvgIpc) is 3.37. The first-order valence-corrected chi connectivity index (χ1v) is 10.2. The SMILES string of the molecule is O=C(N[C@@H]1C[C@H]2CC[C@@H]1C2)c1cc2ccsc2n1Cc1cccc(F)c1. The molecule has 2 bridgehead atoms. The number of hydrogen-bond donors (Lipinski definition) is 1. The van der Waals surface area contributed by atoms with E-state index < -0.39 is 0 Å². The first-order valence-electron chi connectivity index (χ1n) is 9.29. The molecular weight excluding hydrogens is 347 g/mol. The molecule has 5 heteroatoms. The summed E-state index contributed by atoms with van der Waals surface area (Å²) in [4.78, 5) is 14.1. The van der Waals surface area contributed by atoms with Crippen LogP contribution in [0.3, 0.4) is 0 Å². The van der Waals surface area contributed by atoms with E-state index in [1.54, 1.807) is 17.4 Å². The van der Waals surface area contributed by atoms with Gasteiger partial charge in [-0.05, 0) is 66.3 Å². The van der Waals surface area contributed by atoms with Crippen LogP contribution in [0.15, 0.2) is 41.8 Å². The maximum atomic E-state index is 13.6. The molecule has 134 valence electrons. The molecule has 3 aromatic rings. The van der Waals surface area contributed by atoms with Crippen molar-refractivity contribution < 1.29 is 9.18 Å². The number of aromatic nitrogens is 1. The number of carbonyl (C=O) groups excluding carboxylic acids is 1. The summed E-state index contributed by atoms with van der Waals surface area (Å²) in [5.41, 5.74) is 1.55. The lowest BCUT2D eigenvalue weighted by atomic mass is 9.95. The Bertz CT molecular complexity index is 975. The van der Waals surface area contributed by atoms with Crippen LogP contribution in [0.4, 0.5) is 4.39 Å². The van der Waals surface area contributed by atoms with E-state index in [0.717, 1.165) is 28.1 Å². The molecule has 2 aliphatic rings. The second-order valence-corrected chi connectivity index (χ2v) is 8.58. The molecule has 0 radical (unpaired) electrons. The number of thiophene rings is 1. The fourth-order valence-corrected chi connectivity index (χ4v) is 5.70. The molecule has 1 aromatic carbocycles. The fraction of sp³-hybridized carbons (Fsp3) is 0.381. The van der Waals surface area contributed by atoms with Crippen LogP contribution < -0.4 is 5.32 Å². The van der Waals surface area contributed by atoms with Crippen LogP contribution in [0.1, 0.15) is 41.7 Å². The first kappa shape index (κ1) is 16.1. The predicted octanol–water partition coefficient (Wildman–Crippen LogP) is 4.81. The molecule has 5 rings (SSSR count). The zero-order valence-electron chi connectivity index (χ0n) is 14.5. The highest BCUT2D eigenvalue weighted by Gasteiger charge is 2.40. The molecule has 0 unspecified atom stereocenters. The number of halogens is 1. The van der Waals surface area contributed by atoms with Gasteiger partial charge in [-0.3, -0.25) is 4.79 Å². The Kier molecular flexibility index (Phi) is 3.85. The van der Waals surface area contributed by atoms with Gasteiger partial charge >= 0.3 is 0 Å². The minimum atomic E-state index is -0.245. The number of carbonyl (C=O) groups is 1. The van der Waals surface area contributed by atoms with Crippen molar-refractivity contribution >= 4 is 27.5 Å². The van der Waals surface area contributed by atoms with Crippen LogP contribution in [-0.2, 0) is 6.54 Å². The van der Waals surface area contributed by atoms with E-state index in [9.17, 15) is 9.18 Å². The van der Waals surface area contributed by atoms with E-state index in [2.05, 4.69) is 5.32 Å². The van der Waals surface area contributed by atoms with Crippen molar-refractivity contribution in [1.29, 1.82) is 0 Å². The summed E-state index contributed by atoms with van der Waals surface area (Å²) in [6.45, 7) is 0.501. The van der Waals surface area contributed by atoms with Gasteiger partial charge < -0.3 is 9.88 Å². The lowest BCUT2D eigenvalue weighted by Crippen LogP contribution is -2.39. The average molecular weight is 368 g/mol. The Hall–Kier alpha value is -2.14. The quantitative estimate of drug-likeness (QED) is 0.705. The van der Waals surface area contributed by atoms with Crippen LogP contribution in [0, 0.1) is 17.7 Å². The Morgan fingerprint density at radius 1 is 1.23 bits per heavy atom. The second-order valence-electron chi connectivity index (χ2n) is 7.68. The summed E-state index contributed by atoms with van der Waals surface area (Å²) in [5.74, 6) is 1.21. The third kappa shape index (κ3) is 2.75. The molecule has 3 nitrogen and oxygen atoms in total. The molecule has 1 amide bonds. The van der Waals surface area contributed by atoms with Crippen LogP contribution >= 0.6 is 11.3 Å². The van der Waals surface area contributed by atoms with Gasteiger partial charge in [0.1, 0.15) is 16.3 Å². The number of rotatable bonds is 4. The number of benzene rings is 1. The molecule has 1 N–H and O–H groups in total. The zero-order valence-corrected chi connectivity index (χ0v) is 15.3. The highest BCUT2D eigenvalue weighted by Crippen LogP contribution is 2.44. The van der Waals surface area contributed by atoms with Crippen LogP contribution in [-0.4, -0.2) is 16.5 Å². The van der Waals surface area contributed by atoms with Crippen molar-refractivity contribution in [1.82, 2.24) is 9.88 Å². The number of fused-ring (bicyclic) bond motifs is 3. The topological polar surface area (TPSA) is 34.0 Å². The van der Waals surface area contributed by atoms with Gasteiger partial charge in [-0.25, -0.2) is 4.39 Å². The number of nitrogens with zero attached hydrogens (tertiary/aromatic N) is 1. The summed E-state index contributed by atoms with van der Waals surface area (Å²) in [7, 11) is 0. The van der Waals surface area contributed by atoms with Crippen molar-refractivity contribution in [3.05, 3.63) is 58.9 Å². The van der Waals surface area contributed by atoms with Gasteiger partial charge in [-0.15, -0.1) is 11.3 Å². The van der Waals surface area contributed by atoms with Crippen molar-refractivity contribution in [3.8, 4) is 0 Å². The van der Waals surface area contributed by atoms with E-state index in [0.29, 0.717) is 24.2 Å². The van der Waals surface area contributed by atoms with Gasteiger partial charge in [0.15, 0.2) is 0 Å². The molecule has 0 saturated heterocycles. The maximum Gasteiger partial charge on any atom is 0.268 e. The van der Waals surface area contributed by atoms with Gasteiger partial charge in [0.05, 0.1) is 0 Å². The van der Waals surface area contributed by atoms with E-state index in [-0.39, 0.29) is 11.7 Å². The third-order valence-electron chi connectivity index (χ3n) is 6.02. The lowest BCUT2D eigenvalue weighted by molar-refractivity contribution is 0.0914. The Morgan fingerprint density at radius 3 is 2.92 bits per heavy atom. The number of amides is 1. The largest absolute Gasteiger partial charge is 0.348 e. The minimum Gasteiger partial charge on any atom is -0.348 e. The molecule has 2 aromatic heterocycles. The van der Waals surface area contributed by atoms with Crippen LogP contribution in [0.25, 0.3) is 10.2 Å². The van der Waals surface area contributed by atoms with E-state index in [1.807, 2.05) is 28.1 Å². The maximum absolute atomic E-state index is 13.6. The van der Waals surface area contributed by atoms with Crippen LogP contribution in [0.5, 0.6) is 0 Å². The van der Waals surface area contributed by atoms with Gasteiger partial charge in [0, 0.05) is 18.0 Å². The molecule has 2 aliphatic carbocycles.